The maximum Gasteiger partial charge on any atom is 0.320 e. The molecule has 0 amide bonds. The Hall–Kier alpha value is -2.07. The minimum atomic E-state index is -0.746. The molecule has 1 aliphatic rings. The predicted molar refractivity (Wildman–Crippen MR) is 89.4 cm³/mol. The number of fused-ring (bicyclic) bond motifs is 1. The molecule has 1 heterocycles. The van der Waals surface area contributed by atoms with Crippen molar-refractivity contribution in [1.29, 1.82) is 0 Å². The molecule has 3 rings (SSSR count). The third-order valence-electron chi connectivity index (χ3n) is 4.60. The topological polar surface area (TPSA) is 62.5 Å². The average Bonchev–Trinajstić information content (AvgIpc) is 3.08. The lowest BCUT2D eigenvalue weighted by atomic mass is 9.86. The summed E-state index contributed by atoms with van der Waals surface area (Å²) in [5.41, 5.74) is 4.92. The van der Waals surface area contributed by atoms with Crippen molar-refractivity contribution >= 4 is 5.97 Å². The minimum absolute atomic E-state index is 0.231. The summed E-state index contributed by atoms with van der Waals surface area (Å²) in [6.07, 6.45) is 7.85. The molecule has 0 bridgehead atoms. The normalized spacial score (nSPS) is 18.4. The van der Waals surface area contributed by atoms with Gasteiger partial charge in [-0.1, -0.05) is 31.5 Å². The summed E-state index contributed by atoms with van der Waals surface area (Å²) in [4.78, 5) is 11.3. The number of carbonyl (C=O) groups is 1. The molecule has 2 N–H and O–H groups in total. The summed E-state index contributed by atoms with van der Waals surface area (Å²) in [5, 5.41) is 12.7. The zero-order chi connectivity index (χ0) is 16.2. The lowest BCUT2D eigenvalue weighted by Crippen LogP contribution is -2.45. The van der Waals surface area contributed by atoms with E-state index in [1.165, 1.54) is 11.1 Å². The molecule has 0 saturated carbocycles. The Morgan fingerprint density at radius 1 is 1.35 bits per heavy atom. The smallest absolute Gasteiger partial charge is 0.320 e. The third-order valence-corrected chi connectivity index (χ3v) is 4.60. The molecule has 1 aromatic carbocycles. The van der Waals surface area contributed by atoms with Gasteiger partial charge in [0, 0.05) is 11.6 Å². The van der Waals surface area contributed by atoms with E-state index in [4.69, 9.17) is 4.42 Å². The summed E-state index contributed by atoms with van der Waals surface area (Å²) in [6.45, 7) is 2.02. The highest BCUT2D eigenvalue weighted by Crippen LogP contribution is 2.28. The molecule has 2 unspecified atom stereocenters. The van der Waals surface area contributed by atoms with Crippen LogP contribution in [0.3, 0.4) is 0 Å². The van der Waals surface area contributed by atoms with E-state index in [2.05, 4.69) is 23.5 Å². The van der Waals surface area contributed by atoms with Gasteiger partial charge in [0.2, 0.25) is 0 Å². The van der Waals surface area contributed by atoms with Gasteiger partial charge in [-0.05, 0) is 48.4 Å². The van der Waals surface area contributed by atoms with Crippen LogP contribution in [0.15, 0.2) is 41.2 Å². The quantitative estimate of drug-likeness (QED) is 0.854. The molecule has 0 aliphatic heterocycles. The van der Waals surface area contributed by atoms with Crippen molar-refractivity contribution in [2.75, 3.05) is 0 Å². The number of hydrogen-bond donors (Lipinski definition) is 2. The molecule has 0 saturated heterocycles. The predicted octanol–water partition coefficient (Wildman–Crippen LogP) is 3.65. The highest BCUT2D eigenvalue weighted by molar-refractivity contribution is 5.73. The highest BCUT2D eigenvalue weighted by Gasteiger charge is 2.24. The Bertz CT molecular complexity index is 663. The summed E-state index contributed by atoms with van der Waals surface area (Å²) >= 11 is 0. The van der Waals surface area contributed by atoms with E-state index in [0.29, 0.717) is 6.42 Å². The Morgan fingerprint density at radius 2 is 2.22 bits per heavy atom. The fourth-order valence-corrected chi connectivity index (χ4v) is 3.36. The van der Waals surface area contributed by atoms with Crippen LogP contribution in [0, 0.1) is 0 Å². The van der Waals surface area contributed by atoms with Gasteiger partial charge in [-0.2, -0.15) is 0 Å². The Morgan fingerprint density at radius 3 is 2.91 bits per heavy atom. The van der Waals surface area contributed by atoms with E-state index in [1.807, 2.05) is 13.0 Å². The number of hydrogen-bond acceptors (Lipinski definition) is 3. The van der Waals surface area contributed by atoms with Crippen LogP contribution >= 0.6 is 0 Å². The molecule has 1 aromatic heterocycles. The molecular formula is C19H23NO3. The zero-order valence-electron chi connectivity index (χ0n) is 13.4. The first-order chi connectivity index (χ1) is 11.2. The average molecular weight is 313 g/mol. The second-order valence-corrected chi connectivity index (χ2v) is 6.28. The lowest BCUT2D eigenvalue weighted by molar-refractivity contribution is -0.139. The maximum absolute atomic E-state index is 11.3. The number of nitrogens with one attached hydrogen (secondary N) is 1. The van der Waals surface area contributed by atoms with Crippen LogP contribution in [0.2, 0.25) is 0 Å². The van der Waals surface area contributed by atoms with Crippen molar-refractivity contribution in [2.24, 2.45) is 0 Å². The lowest BCUT2D eigenvalue weighted by Gasteiger charge is -2.28. The molecule has 0 fully saturated rings. The second kappa shape index (κ2) is 7.01. The Labute approximate surface area is 136 Å². The molecule has 0 spiro atoms. The van der Waals surface area contributed by atoms with E-state index in [0.717, 1.165) is 36.8 Å². The summed E-state index contributed by atoms with van der Waals surface area (Å²) in [7, 11) is 0. The van der Waals surface area contributed by atoms with Crippen LogP contribution in [0.1, 0.15) is 37.3 Å². The van der Waals surface area contributed by atoms with Crippen LogP contribution in [-0.2, 0) is 17.6 Å². The summed E-state index contributed by atoms with van der Waals surface area (Å²) in [6, 6.07) is 8.28. The van der Waals surface area contributed by atoms with Crippen LogP contribution in [-0.4, -0.2) is 23.2 Å². The molecule has 4 heteroatoms. The van der Waals surface area contributed by atoms with Gasteiger partial charge in [-0.3, -0.25) is 4.79 Å². The van der Waals surface area contributed by atoms with Crippen molar-refractivity contribution in [2.45, 2.75) is 51.1 Å². The van der Waals surface area contributed by atoms with Gasteiger partial charge in [-0.25, -0.2) is 0 Å². The number of furan rings is 1. The highest BCUT2D eigenvalue weighted by atomic mass is 16.4. The Balaban J connectivity index is 1.74. The van der Waals surface area contributed by atoms with Gasteiger partial charge in [0.05, 0.1) is 12.5 Å². The maximum atomic E-state index is 11.3. The van der Waals surface area contributed by atoms with Gasteiger partial charge >= 0.3 is 5.97 Å². The monoisotopic (exact) mass is 313 g/mol. The van der Waals surface area contributed by atoms with E-state index >= 15 is 0 Å². The molecule has 1 aliphatic carbocycles. The largest absolute Gasteiger partial charge is 0.480 e. The first-order valence-corrected chi connectivity index (χ1v) is 8.30. The number of aliphatic carboxylic acids is 1. The standard InChI is InChI=1S/C19H23NO3/c1-2-3-18(19(21)22)20-17-7-6-13-4-5-14(10-16(13)11-17)15-8-9-23-12-15/h4-5,8-10,12,17-18,20H,2-3,6-7,11H2,1H3,(H,21,22). The van der Waals surface area contributed by atoms with E-state index in [9.17, 15) is 9.90 Å². The first-order valence-electron chi connectivity index (χ1n) is 8.30. The van der Waals surface area contributed by atoms with Crippen LogP contribution in [0.4, 0.5) is 0 Å². The van der Waals surface area contributed by atoms with Crippen molar-refractivity contribution in [3.63, 3.8) is 0 Å². The molecule has 0 radical (unpaired) electrons. The van der Waals surface area contributed by atoms with Crippen molar-refractivity contribution in [3.05, 3.63) is 47.9 Å². The minimum Gasteiger partial charge on any atom is -0.480 e. The molecule has 2 atom stereocenters. The first kappa shape index (κ1) is 15.8. The van der Waals surface area contributed by atoms with E-state index in [-0.39, 0.29) is 6.04 Å². The fourth-order valence-electron chi connectivity index (χ4n) is 3.36. The van der Waals surface area contributed by atoms with Crippen molar-refractivity contribution in [3.8, 4) is 11.1 Å². The number of aryl methyl sites for hydroxylation is 1. The second-order valence-electron chi connectivity index (χ2n) is 6.28. The third kappa shape index (κ3) is 3.64. The van der Waals surface area contributed by atoms with Crippen LogP contribution < -0.4 is 5.32 Å². The molecular weight excluding hydrogens is 290 g/mol. The van der Waals surface area contributed by atoms with E-state index < -0.39 is 12.0 Å². The number of carboxylic acid groups (broad SMARTS) is 1. The Kier molecular flexibility index (Phi) is 4.82. The zero-order valence-corrected chi connectivity index (χ0v) is 13.4. The molecule has 4 nitrogen and oxygen atoms in total. The van der Waals surface area contributed by atoms with Gasteiger partial charge in [-0.15, -0.1) is 0 Å². The molecule has 23 heavy (non-hydrogen) atoms. The van der Waals surface area contributed by atoms with Gasteiger partial charge in [0.15, 0.2) is 0 Å². The van der Waals surface area contributed by atoms with Gasteiger partial charge in [0.25, 0.3) is 0 Å². The van der Waals surface area contributed by atoms with Gasteiger partial charge < -0.3 is 14.8 Å². The fraction of sp³-hybridized carbons (Fsp3) is 0.421. The summed E-state index contributed by atoms with van der Waals surface area (Å²) < 4.78 is 5.16. The van der Waals surface area contributed by atoms with Crippen molar-refractivity contribution < 1.29 is 14.3 Å². The van der Waals surface area contributed by atoms with Crippen LogP contribution in [0.5, 0.6) is 0 Å². The number of rotatable bonds is 6. The van der Waals surface area contributed by atoms with Crippen LogP contribution in [0.25, 0.3) is 11.1 Å². The molecule has 2 aromatic rings. The van der Waals surface area contributed by atoms with Gasteiger partial charge in [0.1, 0.15) is 6.04 Å². The van der Waals surface area contributed by atoms with E-state index in [1.54, 1.807) is 12.5 Å². The number of benzene rings is 1. The number of carboxylic acids is 1. The summed E-state index contributed by atoms with van der Waals surface area (Å²) in [5.74, 6) is -0.746. The SMILES string of the molecule is CCCC(NC1CCc2ccc(-c3ccoc3)cc2C1)C(=O)O. The van der Waals surface area contributed by atoms with Crippen molar-refractivity contribution in [1.82, 2.24) is 5.32 Å². The molecule has 122 valence electrons.